The maximum absolute atomic E-state index is 13.2. The Morgan fingerprint density at radius 1 is 0.944 bits per heavy atom. The molecule has 1 aliphatic carbocycles. The Hall–Kier alpha value is -1.83. The van der Waals surface area contributed by atoms with Crippen LogP contribution in [-0.4, -0.2) is 5.11 Å². The van der Waals surface area contributed by atoms with Crippen molar-refractivity contribution < 1.29 is 9.50 Å². The fourth-order valence-corrected chi connectivity index (χ4v) is 2.43. The molecule has 1 aliphatic rings. The minimum absolute atomic E-state index is 0.0342. The summed E-state index contributed by atoms with van der Waals surface area (Å²) in [5.41, 5.74) is 3.02. The Kier molecular flexibility index (Phi) is 2.78. The zero-order chi connectivity index (χ0) is 12.5. The molecule has 1 saturated carbocycles. The van der Waals surface area contributed by atoms with Crippen molar-refractivity contribution in [1.29, 1.82) is 0 Å². The predicted molar refractivity (Wildman–Crippen MR) is 70.1 cm³/mol. The van der Waals surface area contributed by atoms with Gasteiger partial charge in [0, 0.05) is 6.07 Å². The number of hydrogen-bond donors (Lipinski definition) is 1. The first-order valence-electron chi connectivity index (χ1n) is 6.32. The number of rotatable bonds is 2. The van der Waals surface area contributed by atoms with Crippen LogP contribution in [0.4, 0.5) is 4.39 Å². The lowest BCUT2D eigenvalue weighted by Gasteiger charge is -2.25. The van der Waals surface area contributed by atoms with E-state index in [1.54, 1.807) is 6.07 Å². The second kappa shape index (κ2) is 4.45. The second-order valence-electron chi connectivity index (χ2n) is 4.95. The fraction of sp³-hybridized carbons (Fsp3) is 0.250. The summed E-state index contributed by atoms with van der Waals surface area (Å²) < 4.78 is 13.2. The molecule has 0 bridgehead atoms. The van der Waals surface area contributed by atoms with Crippen LogP contribution in [0.2, 0.25) is 0 Å². The summed E-state index contributed by atoms with van der Waals surface area (Å²) in [5.74, 6) is 0.265. The molecular formula is C16H15FO. The van der Waals surface area contributed by atoms with Gasteiger partial charge in [-0.15, -0.1) is 0 Å². The van der Waals surface area contributed by atoms with Crippen molar-refractivity contribution in [3.05, 3.63) is 53.8 Å². The standard InChI is InChI=1S/C16H15FO/c17-15-8-14(9-16(18)10-15)13-6-4-12(5-7-13)11-2-1-3-11/h4-11,18H,1-3H2. The third-order valence-corrected chi connectivity index (χ3v) is 3.70. The van der Waals surface area contributed by atoms with E-state index in [9.17, 15) is 9.50 Å². The SMILES string of the molecule is Oc1cc(F)cc(-c2ccc(C3CCC3)cc2)c1. The Bertz CT molecular complexity index is 536. The van der Waals surface area contributed by atoms with Crippen LogP contribution in [0.15, 0.2) is 42.5 Å². The van der Waals surface area contributed by atoms with Crippen LogP contribution in [0.25, 0.3) is 11.1 Å². The molecule has 0 aliphatic heterocycles. The van der Waals surface area contributed by atoms with Gasteiger partial charge in [-0.2, -0.15) is 0 Å². The van der Waals surface area contributed by atoms with Crippen molar-refractivity contribution in [2.45, 2.75) is 25.2 Å². The largest absolute Gasteiger partial charge is 0.508 e. The number of aromatic hydroxyl groups is 1. The molecule has 2 heteroatoms. The first-order chi connectivity index (χ1) is 8.72. The van der Waals surface area contributed by atoms with E-state index in [1.807, 2.05) is 12.1 Å². The normalized spacial score (nSPS) is 15.4. The molecule has 1 nitrogen and oxygen atoms in total. The fourth-order valence-electron chi connectivity index (χ4n) is 2.43. The van der Waals surface area contributed by atoms with E-state index in [0.717, 1.165) is 11.6 Å². The third-order valence-electron chi connectivity index (χ3n) is 3.70. The van der Waals surface area contributed by atoms with E-state index in [4.69, 9.17) is 0 Å². The van der Waals surface area contributed by atoms with Crippen LogP contribution in [0, 0.1) is 5.82 Å². The third kappa shape index (κ3) is 2.10. The van der Waals surface area contributed by atoms with E-state index in [0.29, 0.717) is 11.5 Å². The number of benzene rings is 2. The van der Waals surface area contributed by atoms with Crippen molar-refractivity contribution in [2.24, 2.45) is 0 Å². The van der Waals surface area contributed by atoms with Crippen LogP contribution in [0.1, 0.15) is 30.7 Å². The first-order valence-corrected chi connectivity index (χ1v) is 6.32. The molecule has 0 unspecified atom stereocenters. The number of phenols is 1. The Morgan fingerprint density at radius 3 is 2.22 bits per heavy atom. The molecule has 0 heterocycles. The predicted octanol–water partition coefficient (Wildman–Crippen LogP) is 4.47. The molecule has 1 fully saturated rings. The molecule has 0 atom stereocenters. The van der Waals surface area contributed by atoms with E-state index in [-0.39, 0.29) is 5.75 Å². The zero-order valence-corrected chi connectivity index (χ0v) is 10.1. The molecule has 2 aromatic carbocycles. The molecule has 92 valence electrons. The highest BCUT2D eigenvalue weighted by molar-refractivity contribution is 5.65. The Balaban J connectivity index is 1.91. The van der Waals surface area contributed by atoms with E-state index >= 15 is 0 Å². The highest BCUT2D eigenvalue weighted by Crippen LogP contribution is 2.37. The Morgan fingerprint density at radius 2 is 1.67 bits per heavy atom. The summed E-state index contributed by atoms with van der Waals surface area (Å²) >= 11 is 0. The second-order valence-corrected chi connectivity index (χ2v) is 4.95. The molecule has 0 amide bonds. The molecule has 0 spiro atoms. The van der Waals surface area contributed by atoms with Gasteiger partial charge < -0.3 is 5.11 Å². The van der Waals surface area contributed by atoms with Gasteiger partial charge in [0.25, 0.3) is 0 Å². The monoisotopic (exact) mass is 242 g/mol. The van der Waals surface area contributed by atoms with Crippen molar-refractivity contribution >= 4 is 0 Å². The average Bonchev–Trinajstić information content (AvgIpc) is 2.26. The lowest BCUT2D eigenvalue weighted by atomic mass is 9.80. The van der Waals surface area contributed by atoms with Crippen molar-refractivity contribution in [2.75, 3.05) is 0 Å². The highest BCUT2D eigenvalue weighted by atomic mass is 19.1. The van der Waals surface area contributed by atoms with E-state index in [2.05, 4.69) is 12.1 Å². The van der Waals surface area contributed by atoms with Gasteiger partial charge in [0.2, 0.25) is 0 Å². The quantitative estimate of drug-likeness (QED) is 0.824. The summed E-state index contributed by atoms with van der Waals surface area (Å²) in [7, 11) is 0. The molecule has 2 aromatic rings. The lowest BCUT2D eigenvalue weighted by molar-refractivity contribution is 0.420. The molecule has 1 N–H and O–H groups in total. The van der Waals surface area contributed by atoms with Gasteiger partial charge in [0.1, 0.15) is 11.6 Å². The number of phenolic OH excluding ortho intramolecular Hbond substituents is 1. The Labute approximate surface area is 106 Å². The summed E-state index contributed by atoms with van der Waals surface area (Å²) in [6.07, 6.45) is 3.88. The lowest BCUT2D eigenvalue weighted by Crippen LogP contribution is -2.08. The van der Waals surface area contributed by atoms with Gasteiger partial charge in [0.15, 0.2) is 0 Å². The van der Waals surface area contributed by atoms with Gasteiger partial charge in [-0.3, -0.25) is 0 Å². The van der Waals surface area contributed by atoms with Gasteiger partial charge >= 0.3 is 0 Å². The first kappa shape index (κ1) is 11.3. The number of halogens is 1. The van der Waals surface area contributed by atoms with Crippen molar-refractivity contribution in [3.63, 3.8) is 0 Å². The molecule has 0 aromatic heterocycles. The van der Waals surface area contributed by atoms with Crippen molar-refractivity contribution in [1.82, 2.24) is 0 Å². The summed E-state index contributed by atoms with van der Waals surface area (Å²) in [6.45, 7) is 0. The maximum atomic E-state index is 13.2. The molecule has 18 heavy (non-hydrogen) atoms. The van der Waals surface area contributed by atoms with Gasteiger partial charge in [-0.05, 0) is 47.6 Å². The van der Waals surface area contributed by atoms with Gasteiger partial charge in [0.05, 0.1) is 0 Å². The summed E-state index contributed by atoms with van der Waals surface area (Å²) in [5, 5.41) is 9.41. The van der Waals surface area contributed by atoms with E-state index < -0.39 is 5.82 Å². The molecule has 0 radical (unpaired) electrons. The van der Waals surface area contributed by atoms with Crippen LogP contribution >= 0.6 is 0 Å². The maximum Gasteiger partial charge on any atom is 0.127 e. The van der Waals surface area contributed by atoms with Gasteiger partial charge in [-0.25, -0.2) is 4.39 Å². The van der Waals surface area contributed by atoms with E-state index in [1.165, 1.54) is 30.9 Å². The number of hydrogen-bond acceptors (Lipinski definition) is 1. The minimum atomic E-state index is -0.409. The summed E-state index contributed by atoms with van der Waals surface area (Å²) in [6, 6.07) is 12.4. The van der Waals surface area contributed by atoms with Crippen LogP contribution in [0.3, 0.4) is 0 Å². The van der Waals surface area contributed by atoms with Crippen LogP contribution in [0.5, 0.6) is 5.75 Å². The summed E-state index contributed by atoms with van der Waals surface area (Å²) in [4.78, 5) is 0. The van der Waals surface area contributed by atoms with Gasteiger partial charge in [-0.1, -0.05) is 30.7 Å². The highest BCUT2D eigenvalue weighted by Gasteiger charge is 2.19. The molecule has 0 saturated heterocycles. The smallest absolute Gasteiger partial charge is 0.127 e. The van der Waals surface area contributed by atoms with Crippen LogP contribution < -0.4 is 0 Å². The topological polar surface area (TPSA) is 20.2 Å². The average molecular weight is 242 g/mol. The van der Waals surface area contributed by atoms with Crippen molar-refractivity contribution in [3.8, 4) is 16.9 Å². The molecular weight excluding hydrogens is 227 g/mol. The minimum Gasteiger partial charge on any atom is -0.508 e. The molecule has 3 rings (SSSR count). The van der Waals surface area contributed by atoms with Crippen LogP contribution in [-0.2, 0) is 0 Å². The zero-order valence-electron chi connectivity index (χ0n) is 10.1.